The molecule has 6 heteroatoms. The van der Waals surface area contributed by atoms with Crippen LogP contribution in [0.2, 0.25) is 0 Å². The first-order valence-electron chi connectivity index (χ1n) is 6.84. The second-order valence-corrected chi connectivity index (χ2v) is 6.34. The lowest BCUT2D eigenvalue weighted by atomic mass is 9.79. The van der Waals surface area contributed by atoms with Crippen molar-refractivity contribution in [3.63, 3.8) is 0 Å². The molecule has 0 saturated carbocycles. The summed E-state index contributed by atoms with van der Waals surface area (Å²) in [6.07, 6.45) is 0.690. The number of anilines is 1. The molecule has 0 fully saturated rings. The van der Waals surface area contributed by atoms with Gasteiger partial charge in [-0.15, -0.1) is 11.3 Å². The number of hydrogen-bond donors (Lipinski definition) is 2. The zero-order chi connectivity index (χ0) is 16.2. The number of nitriles is 1. The molecule has 0 spiro atoms. The number of hydrogen-bond acceptors (Lipinski definition) is 4. The number of carbonyl (C=O) groups is 2. The molecule has 5 nitrogen and oxygen atoms in total. The van der Waals surface area contributed by atoms with Crippen molar-refractivity contribution in [3.05, 3.63) is 16.0 Å². The van der Waals surface area contributed by atoms with Gasteiger partial charge in [-0.05, 0) is 32.3 Å². The second-order valence-electron chi connectivity index (χ2n) is 5.12. The smallest absolute Gasteiger partial charge is 0.310 e. The molecule has 1 aromatic rings. The summed E-state index contributed by atoms with van der Waals surface area (Å²) < 4.78 is 0. The lowest BCUT2D eigenvalue weighted by molar-refractivity contribution is -0.151. The number of carboxylic acids is 1. The number of nitrogens with zero attached hydrogens (tertiary/aromatic N) is 1. The highest BCUT2D eigenvalue weighted by molar-refractivity contribution is 7.16. The Labute approximate surface area is 128 Å². The van der Waals surface area contributed by atoms with Crippen LogP contribution in [-0.4, -0.2) is 17.0 Å². The lowest BCUT2D eigenvalue weighted by Gasteiger charge is -2.25. The highest BCUT2D eigenvalue weighted by Crippen LogP contribution is 2.34. The third-order valence-electron chi connectivity index (χ3n) is 4.06. The van der Waals surface area contributed by atoms with Gasteiger partial charge >= 0.3 is 5.97 Å². The zero-order valence-electron chi connectivity index (χ0n) is 12.7. The summed E-state index contributed by atoms with van der Waals surface area (Å²) in [6, 6.07) is 2.08. The van der Waals surface area contributed by atoms with Crippen molar-refractivity contribution in [2.45, 2.75) is 47.0 Å². The first-order chi connectivity index (χ1) is 9.81. The van der Waals surface area contributed by atoms with Crippen molar-refractivity contribution >= 4 is 28.2 Å². The molecular formula is C15H20N2O3S. The number of nitrogens with one attached hydrogen (secondary N) is 1. The van der Waals surface area contributed by atoms with Gasteiger partial charge < -0.3 is 10.4 Å². The maximum absolute atomic E-state index is 12.2. The van der Waals surface area contributed by atoms with E-state index in [9.17, 15) is 14.7 Å². The predicted molar refractivity (Wildman–Crippen MR) is 82.4 cm³/mol. The van der Waals surface area contributed by atoms with Crippen LogP contribution in [0.1, 0.15) is 49.1 Å². The summed E-state index contributed by atoms with van der Waals surface area (Å²) >= 11 is 1.34. The molecule has 114 valence electrons. The maximum Gasteiger partial charge on any atom is 0.310 e. The van der Waals surface area contributed by atoms with Crippen LogP contribution in [0.3, 0.4) is 0 Å². The molecule has 21 heavy (non-hydrogen) atoms. The number of aliphatic carboxylic acids is 1. The molecule has 1 heterocycles. The SMILES string of the molecule is CCC(CC)(CC(=O)Nc1sc(C)c(C)c1C#N)C(=O)O. The van der Waals surface area contributed by atoms with E-state index in [1.165, 1.54) is 11.3 Å². The molecule has 0 radical (unpaired) electrons. The minimum atomic E-state index is -1.04. The van der Waals surface area contributed by atoms with Crippen molar-refractivity contribution in [2.75, 3.05) is 5.32 Å². The van der Waals surface area contributed by atoms with Crippen LogP contribution in [0.5, 0.6) is 0 Å². The Bertz CT molecular complexity index is 595. The van der Waals surface area contributed by atoms with Crippen LogP contribution < -0.4 is 5.32 Å². The Balaban J connectivity index is 2.95. The fourth-order valence-corrected chi connectivity index (χ4v) is 3.23. The van der Waals surface area contributed by atoms with E-state index in [1.54, 1.807) is 13.8 Å². The van der Waals surface area contributed by atoms with Crippen LogP contribution in [0.15, 0.2) is 0 Å². The van der Waals surface area contributed by atoms with Crippen LogP contribution in [-0.2, 0) is 9.59 Å². The van der Waals surface area contributed by atoms with Crippen molar-refractivity contribution in [1.29, 1.82) is 5.26 Å². The first kappa shape index (κ1) is 17.2. The molecule has 0 unspecified atom stereocenters. The third-order valence-corrected chi connectivity index (χ3v) is 5.18. The van der Waals surface area contributed by atoms with Gasteiger partial charge in [-0.3, -0.25) is 9.59 Å². The van der Waals surface area contributed by atoms with Gasteiger partial charge in [-0.1, -0.05) is 13.8 Å². The van der Waals surface area contributed by atoms with E-state index in [-0.39, 0.29) is 12.3 Å². The quantitative estimate of drug-likeness (QED) is 0.842. The largest absolute Gasteiger partial charge is 0.481 e. The minimum absolute atomic E-state index is 0.0871. The molecule has 1 amide bonds. The van der Waals surface area contributed by atoms with E-state index in [0.29, 0.717) is 23.4 Å². The number of thiophene rings is 1. The normalized spacial score (nSPS) is 11.0. The van der Waals surface area contributed by atoms with Gasteiger partial charge in [-0.25, -0.2) is 0 Å². The van der Waals surface area contributed by atoms with Gasteiger partial charge in [0.25, 0.3) is 0 Å². The van der Waals surface area contributed by atoms with Gasteiger partial charge in [0.1, 0.15) is 11.1 Å². The van der Waals surface area contributed by atoms with E-state index in [2.05, 4.69) is 11.4 Å². The van der Waals surface area contributed by atoms with E-state index in [4.69, 9.17) is 5.26 Å². The van der Waals surface area contributed by atoms with Gasteiger partial charge in [0.05, 0.1) is 11.0 Å². The molecule has 0 bridgehead atoms. The Morgan fingerprint density at radius 2 is 1.90 bits per heavy atom. The highest BCUT2D eigenvalue weighted by Gasteiger charge is 2.37. The Morgan fingerprint density at radius 1 is 1.33 bits per heavy atom. The average molecular weight is 308 g/mol. The summed E-state index contributed by atoms with van der Waals surface area (Å²) in [7, 11) is 0. The van der Waals surface area contributed by atoms with Crippen molar-refractivity contribution in [1.82, 2.24) is 0 Å². The number of carboxylic acid groups (broad SMARTS) is 1. The van der Waals surface area contributed by atoms with Gasteiger partial charge in [0, 0.05) is 11.3 Å². The molecule has 0 aromatic carbocycles. The van der Waals surface area contributed by atoms with Gasteiger partial charge in [0.15, 0.2) is 0 Å². The lowest BCUT2D eigenvalue weighted by Crippen LogP contribution is -2.34. The monoisotopic (exact) mass is 308 g/mol. The molecule has 0 aliphatic carbocycles. The number of carbonyl (C=O) groups excluding carboxylic acids is 1. The zero-order valence-corrected chi connectivity index (χ0v) is 13.6. The maximum atomic E-state index is 12.2. The molecule has 0 aliphatic rings. The minimum Gasteiger partial charge on any atom is -0.481 e. The van der Waals surface area contributed by atoms with Crippen LogP contribution >= 0.6 is 11.3 Å². The third kappa shape index (κ3) is 3.42. The molecule has 0 saturated heterocycles. The molecule has 2 N–H and O–H groups in total. The van der Waals surface area contributed by atoms with E-state index >= 15 is 0 Å². The summed E-state index contributed by atoms with van der Waals surface area (Å²) in [5.74, 6) is -1.32. The van der Waals surface area contributed by atoms with E-state index < -0.39 is 11.4 Å². The standard InChI is InChI=1S/C15H20N2O3S/c1-5-15(6-2,14(19)20)7-12(18)17-13-11(8-16)9(3)10(4)21-13/h5-7H2,1-4H3,(H,17,18)(H,19,20). The van der Waals surface area contributed by atoms with E-state index in [1.807, 2.05) is 13.8 Å². The molecule has 0 aliphatic heterocycles. The van der Waals surface area contributed by atoms with Crippen LogP contribution in [0.25, 0.3) is 0 Å². The van der Waals surface area contributed by atoms with Gasteiger partial charge in [-0.2, -0.15) is 5.26 Å². The van der Waals surface area contributed by atoms with Crippen LogP contribution in [0, 0.1) is 30.6 Å². The Morgan fingerprint density at radius 3 is 2.33 bits per heavy atom. The van der Waals surface area contributed by atoms with Crippen molar-refractivity contribution in [2.24, 2.45) is 5.41 Å². The number of aryl methyl sites for hydroxylation is 1. The summed E-state index contributed by atoms with van der Waals surface area (Å²) in [4.78, 5) is 24.6. The summed E-state index contributed by atoms with van der Waals surface area (Å²) in [6.45, 7) is 7.26. The van der Waals surface area contributed by atoms with Crippen molar-refractivity contribution in [3.8, 4) is 6.07 Å². The Hall–Kier alpha value is -1.87. The molecule has 1 aromatic heterocycles. The topological polar surface area (TPSA) is 90.2 Å². The molecular weight excluding hydrogens is 288 g/mol. The highest BCUT2D eigenvalue weighted by atomic mass is 32.1. The molecule has 0 atom stereocenters. The number of rotatable bonds is 6. The average Bonchev–Trinajstić information content (AvgIpc) is 2.70. The van der Waals surface area contributed by atoms with Crippen molar-refractivity contribution < 1.29 is 14.7 Å². The molecule has 1 rings (SSSR count). The second kappa shape index (κ2) is 6.72. The summed E-state index contributed by atoms with van der Waals surface area (Å²) in [5, 5.41) is 21.7. The fraction of sp³-hybridized carbons (Fsp3) is 0.533. The Kier molecular flexibility index (Phi) is 5.50. The summed E-state index contributed by atoms with van der Waals surface area (Å²) in [5.41, 5.74) is 0.270. The fourth-order valence-electron chi connectivity index (χ4n) is 2.21. The van der Waals surface area contributed by atoms with E-state index in [0.717, 1.165) is 10.4 Å². The van der Waals surface area contributed by atoms with Crippen LogP contribution in [0.4, 0.5) is 5.00 Å². The first-order valence-corrected chi connectivity index (χ1v) is 7.66. The number of amides is 1. The predicted octanol–water partition coefficient (Wildman–Crippen LogP) is 3.46. The van der Waals surface area contributed by atoms with Gasteiger partial charge in [0.2, 0.25) is 5.91 Å².